The molecule has 1 saturated heterocycles. The Labute approximate surface area is 184 Å². The van der Waals surface area contributed by atoms with E-state index in [1.807, 2.05) is 53.6 Å². The molecular formula is C22H20Cl2N2O2S. The molecule has 4 nitrogen and oxygen atoms in total. The van der Waals surface area contributed by atoms with Crippen LogP contribution in [0, 0.1) is 0 Å². The molecule has 0 spiro atoms. The molecule has 1 aliphatic rings. The number of carbonyl (C=O) groups excluding carboxylic acids is 1. The predicted molar refractivity (Wildman–Crippen MR) is 121 cm³/mol. The van der Waals surface area contributed by atoms with Crippen molar-refractivity contribution in [2.75, 3.05) is 37.3 Å². The molecule has 1 fully saturated rings. The smallest absolute Gasteiger partial charge is 0.254 e. The summed E-state index contributed by atoms with van der Waals surface area (Å²) in [5.41, 5.74) is 3.54. The highest BCUT2D eigenvalue weighted by atomic mass is 35.5. The average Bonchev–Trinajstić information content (AvgIpc) is 3.29. The lowest BCUT2D eigenvalue weighted by Gasteiger charge is -2.36. The van der Waals surface area contributed by atoms with Crippen LogP contribution in [0.25, 0.3) is 11.1 Å². The SMILES string of the molecule is CSc1ccc(-c2ccoc2)c(C(=O)N2CCN(c3ccc(Cl)c(Cl)c3)CC2)c1. The van der Waals surface area contributed by atoms with Gasteiger partial charge in [-0.25, -0.2) is 0 Å². The quantitative estimate of drug-likeness (QED) is 0.464. The number of anilines is 1. The Morgan fingerprint density at radius 3 is 2.45 bits per heavy atom. The number of nitrogens with zero attached hydrogens (tertiary/aromatic N) is 2. The number of halogens is 2. The van der Waals surface area contributed by atoms with Gasteiger partial charge in [0.05, 0.1) is 22.6 Å². The van der Waals surface area contributed by atoms with Crippen molar-refractivity contribution in [3.8, 4) is 11.1 Å². The van der Waals surface area contributed by atoms with Crippen molar-refractivity contribution in [1.82, 2.24) is 4.90 Å². The summed E-state index contributed by atoms with van der Waals surface area (Å²) in [7, 11) is 0. The molecule has 0 radical (unpaired) electrons. The molecule has 3 aromatic rings. The number of piperazine rings is 1. The van der Waals surface area contributed by atoms with Gasteiger partial charge in [0.25, 0.3) is 5.91 Å². The number of amides is 1. The van der Waals surface area contributed by atoms with E-state index in [4.69, 9.17) is 27.6 Å². The summed E-state index contributed by atoms with van der Waals surface area (Å²) in [4.78, 5) is 18.6. The zero-order valence-electron chi connectivity index (χ0n) is 15.9. The molecule has 1 aliphatic heterocycles. The van der Waals surface area contributed by atoms with Crippen LogP contribution in [0.15, 0.2) is 64.3 Å². The molecule has 0 saturated carbocycles. The lowest BCUT2D eigenvalue weighted by Crippen LogP contribution is -2.48. The van der Waals surface area contributed by atoms with Gasteiger partial charge in [-0.3, -0.25) is 4.79 Å². The first-order valence-corrected chi connectivity index (χ1v) is 11.2. The molecule has 2 heterocycles. The Bertz CT molecular complexity index is 1020. The van der Waals surface area contributed by atoms with Crippen LogP contribution in [-0.4, -0.2) is 43.2 Å². The maximum Gasteiger partial charge on any atom is 0.254 e. The van der Waals surface area contributed by atoms with Gasteiger partial charge < -0.3 is 14.2 Å². The van der Waals surface area contributed by atoms with Gasteiger partial charge in [0.15, 0.2) is 0 Å². The molecule has 1 aromatic heterocycles. The van der Waals surface area contributed by atoms with Gasteiger partial charge >= 0.3 is 0 Å². The fraction of sp³-hybridized carbons (Fsp3) is 0.227. The number of rotatable bonds is 4. The van der Waals surface area contributed by atoms with Crippen molar-refractivity contribution in [2.45, 2.75) is 4.90 Å². The minimum absolute atomic E-state index is 0.0471. The van der Waals surface area contributed by atoms with Gasteiger partial charge in [0.1, 0.15) is 0 Å². The number of hydrogen-bond donors (Lipinski definition) is 0. The van der Waals surface area contributed by atoms with Gasteiger partial charge in [0.2, 0.25) is 0 Å². The summed E-state index contributed by atoms with van der Waals surface area (Å²) in [6, 6.07) is 13.5. The molecule has 29 heavy (non-hydrogen) atoms. The van der Waals surface area contributed by atoms with E-state index in [0.29, 0.717) is 28.7 Å². The lowest BCUT2D eigenvalue weighted by molar-refractivity contribution is 0.0747. The Morgan fingerprint density at radius 1 is 1.00 bits per heavy atom. The highest BCUT2D eigenvalue weighted by Crippen LogP contribution is 2.31. The van der Waals surface area contributed by atoms with Gasteiger partial charge in [-0.1, -0.05) is 29.3 Å². The fourth-order valence-corrected chi connectivity index (χ4v) is 4.25. The Kier molecular flexibility index (Phi) is 6.09. The Morgan fingerprint density at radius 2 is 1.79 bits per heavy atom. The van der Waals surface area contributed by atoms with Crippen LogP contribution in [0.3, 0.4) is 0 Å². The van der Waals surface area contributed by atoms with Crippen LogP contribution in [0.1, 0.15) is 10.4 Å². The highest BCUT2D eigenvalue weighted by molar-refractivity contribution is 7.98. The van der Waals surface area contributed by atoms with E-state index in [1.54, 1.807) is 24.3 Å². The van der Waals surface area contributed by atoms with Gasteiger partial charge in [-0.05, 0) is 48.2 Å². The van der Waals surface area contributed by atoms with E-state index >= 15 is 0 Å². The molecule has 1 amide bonds. The molecule has 0 atom stereocenters. The molecule has 2 aromatic carbocycles. The fourth-order valence-electron chi connectivity index (χ4n) is 3.52. The molecule has 0 aliphatic carbocycles. The van der Waals surface area contributed by atoms with Crippen LogP contribution < -0.4 is 4.90 Å². The first-order valence-electron chi connectivity index (χ1n) is 9.26. The number of thioether (sulfide) groups is 1. The first kappa shape index (κ1) is 20.2. The maximum absolute atomic E-state index is 13.4. The molecule has 150 valence electrons. The third-order valence-electron chi connectivity index (χ3n) is 5.12. The van der Waals surface area contributed by atoms with E-state index in [-0.39, 0.29) is 5.91 Å². The van der Waals surface area contributed by atoms with E-state index < -0.39 is 0 Å². The summed E-state index contributed by atoms with van der Waals surface area (Å²) in [5.74, 6) is 0.0471. The summed E-state index contributed by atoms with van der Waals surface area (Å²) in [5, 5.41) is 1.09. The first-order chi connectivity index (χ1) is 14.1. The van der Waals surface area contributed by atoms with Crippen LogP contribution in [-0.2, 0) is 0 Å². The Balaban J connectivity index is 1.53. The second-order valence-electron chi connectivity index (χ2n) is 6.80. The average molecular weight is 447 g/mol. The van der Waals surface area contributed by atoms with Crippen molar-refractivity contribution in [3.05, 3.63) is 70.6 Å². The van der Waals surface area contributed by atoms with Crippen molar-refractivity contribution in [3.63, 3.8) is 0 Å². The van der Waals surface area contributed by atoms with Crippen molar-refractivity contribution in [1.29, 1.82) is 0 Å². The zero-order chi connectivity index (χ0) is 20.4. The van der Waals surface area contributed by atoms with Gasteiger partial charge in [0, 0.05) is 47.9 Å². The monoisotopic (exact) mass is 446 g/mol. The standard InChI is InChI=1S/C22H20Cl2N2O2S/c1-29-17-3-4-18(15-6-11-28-14-15)19(13-17)22(27)26-9-7-25(8-10-26)16-2-5-20(23)21(24)12-16/h2-6,11-14H,7-10H2,1H3. The second-order valence-corrected chi connectivity index (χ2v) is 8.50. The number of hydrogen-bond acceptors (Lipinski definition) is 4. The summed E-state index contributed by atoms with van der Waals surface area (Å²) < 4.78 is 5.23. The summed E-state index contributed by atoms with van der Waals surface area (Å²) >= 11 is 13.8. The number of carbonyl (C=O) groups is 1. The lowest BCUT2D eigenvalue weighted by atomic mass is 10.0. The third-order valence-corrected chi connectivity index (χ3v) is 6.59. The molecule has 7 heteroatoms. The van der Waals surface area contributed by atoms with Crippen LogP contribution >= 0.6 is 35.0 Å². The van der Waals surface area contributed by atoms with Crippen molar-refractivity contribution < 1.29 is 9.21 Å². The second kappa shape index (κ2) is 8.74. The maximum atomic E-state index is 13.4. The van der Waals surface area contributed by atoms with E-state index in [1.165, 1.54) is 0 Å². The van der Waals surface area contributed by atoms with E-state index in [0.717, 1.165) is 34.8 Å². The molecule has 0 N–H and O–H groups in total. The minimum atomic E-state index is 0.0471. The van der Waals surface area contributed by atoms with E-state index in [2.05, 4.69) is 4.90 Å². The van der Waals surface area contributed by atoms with Gasteiger partial charge in [-0.2, -0.15) is 0 Å². The van der Waals surface area contributed by atoms with Crippen molar-refractivity contribution >= 4 is 46.6 Å². The predicted octanol–water partition coefficient (Wildman–Crippen LogP) is 5.94. The summed E-state index contributed by atoms with van der Waals surface area (Å²) in [6.07, 6.45) is 5.31. The van der Waals surface area contributed by atoms with Crippen molar-refractivity contribution in [2.24, 2.45) is 0 Å². The van der Waals surface area contributed by atoms with Gasteiger partial charge in [-0.15, -0.1) is 11.8 Å². The topological polar surface area (TPSA) is 36.7 Å². The highest BCUT2D eigenvalue weighted by Gasteiger charge is 2.25. The third kappa shape index (κ3) is 4.27. The van der Waals surface area contributed by atoms with Crippen LogP contribution in [0.5, 0.6) is 0 Å². The minimum Gasteiger partial charge on any atom is -0.472 e. The molecular weight excluding hydrogens is 427 g/mol. The molecule has 4 rings (SSSR count). The molecule has 0 unspecified atom stereocenters. The zero-order valence-corrected chi connectivity index (χ0v) is 18.2. The normalized spacial score (nSPS) is 14.3. The molecule has 0 bridgehead atoms. The number of furan rings is 1. The number of benzene rings is 2. The Hall–Kier alpha value is -2.08. The summed E-state index contributed by atoms with van der Waals surface area (Å²) in [6.45, 7) is 2.78. The van der Waals surface area contributed by atoms with Crippen LogP contribution in [0.2, 0.25) is 10.0 Å². The van der Waals surface area contributed by atoms with Crippen LogP contribution in [0.4, 0.5) is 5.69 Å². The largest absolute Gasteiger partial charge is 0.472 e. The van der Waals surface area contributed by atoms with E-state index in [9.17, 15) is 4.79 Å².